The number of benzene rings is 2. The van der Waals surface area contributed by atoms with Crippen LogP contribution in [0.1, 0.15) is 32.0 Å². The van der Waals surface area contributed by atoms with Crippen molar-refractivity contribution in [1.29, 1.82) is 0 Å². The lowest BCUT2D eigenvalue weighted by Gasteiger charge is -2.35. The van der Waals surface area contributed by atoms with Gasteiger partial charge in [0.15, 0.2) is 0 Å². The Bertz CT molecular complexity index is 1130. The van der Waals surface area contributed by atoms with Crippen molar-refractivity contribution in [2.45, 2.75) is 13.1 Å². The van der Waals surface area contributed by atoms with Gasteiger partial charge in [-0.15, -0.1) is 0 Å². The van der Waals surface area contributed by atoms with Crippen LogP contribution in [0.15, 0.2) is 60.8 Å². The lowest BCUT2D eigenvalue weighted by molar-refractivity contribution is -0.138. The highest BCUT2D eigenvalue weighted by atomic mass is 19.4. The minimum Gasteiger partial charge on any atom is -0.335 e. The summed E-state index contributed by atoms with van der Waals surface area (Å²) in [5.74, 6) is -0.861. The first-order valence-corrected chi connectivity index (χ1v) is 10.1. The fourth-order valence-corrected chi connectivity index (χ4v) is 3.77. The van der Waals surface area contributed by atoms with Crippen LogP contribution in [0.3, 0.4) is 0 Å². The average Bonchev–Trinajstić information content (AvgIpc) is 3.23. The molecule has 0 unspecified atom stereocenters. The van der Waals surface area contributed by atoms with E-state index in [0.717, 1.165) is 17.4 Å². The van der Waals surface area contributed by atoms with Crippen LogP contribution in [0.4, 0.5) is 13.2 Å². The van der Waals surface area contributed by atoms with E-state index in [1.54, 1.807) is 40.0 Å². The molecule has 1 fully saturated rings. The monoisotopic (exact) mass is 442 g/mol. The molecule has 0 atom stereocenters. The molecule has 1 saturated heterocycles. The second-order valence-corrected chi connectivity index (χ2v) is 7.56. The first kappa shape index (κ1) is 21.6. The molecule has 32 heavy (non-hydrogen) atoms. The predicted molar refractivity (Wildman–Crippen MR) is 112 cm³/mol. The van der Waals surface area contributed by atoms with Gasteiger partial charge in [0.05, 0.1) is 16.8 Å². The van der Waals surface area contributed by atoms with Crippen molar-refractivity contribution in [2.75, 3.05) is 26.2 Å². The Morgan fingerprint density at radius 1 is 0.844 bits per heavy atom. The zero-order chi connectivity index (χ0) is 22.9. The van der Waals surface area contributed by atoms with E-state index in [9.17, 15) is 22.8 Å². The number of hydrogen-bond acceptors (Lipinski definition) is 3. The average molecular weight is 442 g/mol. The van der Waals surface area contributed by atoms with Crippen LogP contribution >= 0.6 is 0 Å². The SMILES string of the molecule is Cc1ccnn1-c1ccc(C(=O)N2CCN(C(=O)c3ccccc3C(F)(F)F)CC2)cc1. The quantitative estimate of drug-likeness (QED) is 0.620. The lowest BCUT2D eigenvalue weighted by Crippen LogP contribution is -2.50. The van der Waals surface area contributed by atoms with Crippen LogP contribution in [0.2, 0.25) is 0 Å². The van der Waals surface area contributed by atoms with Crippen LogP contribution < -0.4 is 0 Å². The minimum atomic E-state index is -4.61. The molecule has 0 spiro atoms. The number of alkyl halides is 3. The van der Waals surface area contributed by atoms with Crippen molar-refractivity contribution in [3.05, 3.63) is 83.2 Å². The van der Waals surface area contributed by atoms with Crippen LogP contribution in [0.5, 0.6) is 0 Å². The molecular weight excluding hydrogens is 421 g/mol. The summed E-state index contributed by atoms with van der Waals surface area (Å²) in [6.07, 6.45) is -2.91. The molecule has 166 valence electrons. The number of carbonyl (C=O) groups is 2. The maximum atomic E-state index is 13.2. The Morgan fingerprint density at radius 2 is 1.44 bits per heavy atom. The number of amides is 2. The highest BCUT2D eigenvalue weighted by Crippen LogP contribution is 2.32. The normalized spacial score (nSPS) is 14.5. The smallest absolute Gasteiger partial charge is 0.335 e. The third-order valence-corrected chi connectivity index (χ3v) is 5.51. The van der Waals surface area contributed by atoms with Crippen molar-refractivity contribution >= 4 is 11.8 Å². The molecule has 0 N–H and O–H groups in total. The van der Waals surface area contributed by atoms with Crippen LogP contribution in [-0.4, -0.2) is 57.6 Å². The van der Waals surface area contributed by atoms with E-state index in [4.69, 9.17) is 0 Å². The largest absolute Gasteiger partial charge is 0.417 e. The minimum absolute atomic E-state index is 0.168. The van der Waals surface area contributed by atoms with Crippen molar-refractivity contribution in [1.82, 2.24) is 19.6 Å². The summed E-state index contributed by atoms with van der Waals surface area (Å²) in [4.78, 5) is 28.5. The van der Waals surface area contributed by atoms with Gasteiger partial charge in [0.2, 0.25) is 0 Å². The van der Waals surface area contributed by atoms with E-state index in [1.807, 2.05) is 13.0 Å². The van der Waals surface area contributed by atoms with Gasteiger partial charge in [0.1, 0.15) is 0 Å². The predicted octanol–water partition coefficient (Wildman–Crippen LogP) is 3.80. The van der Waals surface area contributed by atoms with Crippen molar-refractivity contribution in [3.8, 4) is 5.69 Å². The van der Waals surface area contributed by atoms with Crippen LogP contribution in [0, 0.1) is 6.92 Å². The van der Waals surface area contributed by atoms with Gasteiger partial charge < -0.3 is 9.80 Å². The Labute approximate surface area is 182 Å². The molecular formula is C23H21F3N4O2. The maximum Gasteiger partial charge on any atom is 0.417 e. The summed E-state index contributed by atoms with van der Waals surface area (Å²) in [7, 11) is 0. The van der Waals surface area contributed by atoms with Gasteiger partial charge in [-0.25, -0.2) is 4.68 Å². The summed E-state index contributed by atoms with van der Waals surface area (Å²) in [5, 5.41) is 4.23. The standard InChI is InChI=1S/C23H21F3N4O2/c1-16-10-11-27-30(16)18-8-6-17(7-9-18)21(31)28-12-14-29(15-13-28)22(32)19-4-2-3-5-20(19)23(24,25)26/h2-11H,12-15H2,1H3. The molecule has 2 heterocycles. The third kappa shape index (κ3) is 4.23. The fourth-order valence-electron chi connectivity index (χ4n) is 3.77. The first-order valence-electron chi connectivity index (χ1n) is 10.1. The Balaban J connectivity index is 1.41. The maximum absolute atomic E-state index is 13.2. The van der Waals surface area contributed by atoms with E-state index in [0.29, 0.717) is 5.56 Å². The Morgan fingerprint density at radius 3 is 2.00 bits per heavy atom. The van der Waals surface area contributed by atoms with Crippen LogP contribution in [-0.2, 0) is 6.18 Å². The second kappa shape index (κ2) is 8.49. The zero-order valence-corrected chi connectivity index (χ0v) is 17.3. The summed E-state index contributed by atoms with van der Waals surface area (Å²) < 4.78 is 41.5. The molecule has 0 saturated carbocycles. The summed E-state index contributed by atoms with van der Waals surface area (Å²) in [6.45, 7) is 2.76. The summed E-state index contributed by atoms with van der Waals surface area (Å²) in [5.41, 5.74) is 0.987. The van der Waals surface area contributed by atoms with E-state index >= 15 is 0 Å². The van der Waals surface area contributed by atoms with Gasteiger partial charge in [-0.3, -0.25) is 9.59 Å². The second-order valence-electron chi connectivity index (χ2n) is 7.56. The summed E-state index contributed by atoms with van der Waals surface area (Å²) in [6, 6.07) is 13.7. The Hall–Kier alpha value is -3.62. The Kier molecular flexibility index (Phi) is 5.73. The highest BCUT2D eigenvalue weighted by molar-refractivity contribution is 5.97. The van der Waals surface area contributed by atoms with Gasteiger partial charge in [0, 0.05) is 43.6 Å². The van der Waals surface area contributed by atoms with Gasteiger partial charge >= 0.3 is 6.18 Å². The van der Waals surface area contributed by atoms with Gasteiger partial charge in [-0.2, -0.15) is 18.3 Å². The van der Waals surface area contributed by atoms with Crippen molar-refractivity contribution in [3.63, 3.8) is 0 Å². The van der Waals surface area contributed by atoms with Crippen LogP contribution in [0.25, 0.3) is 5.69 Å². The number of piperazine rings is 1. The number of rotatable bonds is 3. The van der Waals surface area contributed by atoms with E-state index in [-0.39, 0.29) is 37.6 Å². The van der Waals surface area contributed by atoms with Gasteiger partial charge in [-0.05, 0) is 49.4 Å². The molecule has 3 aromatic rings. The number of nitrogens with zero attached hydrogens (tertiary/aromatic N) is 4. The number of halogens is 3. The van der Waals surface area contributed by atoms with Gasteiger partial charge in [0.25, 0.3) is 11.8 Å². The van der Waals surface area contributed by atoms with E-state index in [2.05, 4.69) is 5.10 Å². The molecule has 2 aromatic carbocycles. The van der Waals surface area contributed by atoms with E-state index in [1.165, 1.54) is 23.1 Å². The molecule has 1 aliphatic rings. The lowest BCUT2D eigenvalue weighted by atomic mass is 10.1. The molecule has 2 amide bonds. The molecule has 0 radical (unpaired) electrons. The molecule has 6 nitrogen and oxygen atoms in total. The third-order valence-electron chi connectivity index (χ3n) is 5.51. The molecule has 1 aliphatic heterocycles. The number of aromatic nitrogens is 2. The molecule has 1 aromatic heterocycles. The number of hydrogen-bond donors (Lipinski definition) is 0. The summed E-state index contributed by atoms with van der Waals surface area (Å²) >= 11 is 0. The van der Waals surface area contributed by atoms with Crippen molar-refractivity contribution in [2.24, 2.45) is 0 Å². The topological polar surface area (TPSA) is 58.4 Å². The first-order chi connectivity index (χ1) is 15.3. The fraction of sp³-hybridized carbons (Fsp3) is 0.261. The van der Waals surface area contributed by atoms with Gasteiger partial charge in [-0.1, -0.05) is 12.1 Å². The highest BCUT2D eigenvalue weighted by Gasteiger charge is 2.36. The zero-order valence-electron chi connectivity index (χ0n) is 17.3. The molecule has 9 heteroatoms. The number of carbonyl (C=O) groups excluding carboxylic acids is 2. The molecule has 0 aliphatic carbocycles. The number of aryl methyl sites for hydroxylation is 1. The molecule has 0 bridgehead atoms. The van der Waals surface area contributed by atoms with Crippen molar-refractivity contribution < 1.29 is 22.8 Å². The van der Waals surface area contributed by atoms with E-state index < -0.39 is 17.6 Å². The molecule has 4 rings (SSSR count).